The topological polar surface area (TPSA) is 62.3 Å². The molecule has 6 heteroatoms. The Morgan fingerprint density at radius 3 is 2.33 bits per heavy atom. The largest absolute Gasteiger partial charge is 0.355 e. The van der Waals surface area contributed by atoms with Crippen LogP contribution in [0.3, 0.4) is 0 Å². The van der Waals surface area contributed by atoms with E-state index in [9.17, 15) is 8.42 Å². The van der Waals surface area contributed by atoms with Gasteiger partial charge in [0.1, 0.15) is 5.82 Å². The molecule has 5 nitrogen and oxygen atoms in total. The molecule has 0 aliphatic carbocycles. The lowest BCUT2D eigenvalue weighted by Crippen LogP contribution is -2.18. The van der Waals surface area contributed by atoms with Gasteiger partial charge in [0.15, 0.2) is 0 Å². The quantitative estimate of drug-likeness (QED) is 0.697. The maximum absolute atomic E-state index is 12.6. The molecule has 3 aromatic rings. The Morgan fingerprint density at radius 2 is 1.70 bits per heavy atom. The number of anilines is 2. The van der Waals surface area contributed by atoms with Gasteiger partial charge in [0.25, 0.3) is 10.0 Å². The highest BCUT2D eigenvalue weighted by molar-refractivity contribution is 7.92. The van der Waals surface area contributed by atoms with Crippen molar-refractivity contribution in [1.82, 2.24) is 4.98 Å². The number of pyridine rings is 1. The minimum absolute atomic E-state index is 0.246. The smallest absolute Gasteiger partial charge is 0.261 e. The van der Waals surface area contributed by atoms with Crippen LogP contribution in [0.4, 0.5) is 11.5 Å². The number of benzene rings is 2. The van der Waals surface area contributed by atoms with E-state index >= 15 is 0 Å². The summed E-state index contributed by atoms with van der Waals surface area (Å²) in [5.41, 5.74) is 3.61. The lowest BCUT2D eigenvalue weighted by molar-refractivity contribution is 0.601. The molecule has 27 heavy (non-hydrogen) atoms. The van der Waals surface area contributed by atoms with Crippen LogP contribution in [0, 0.1) is 13.8 Å². The number of aryl methyl sites for hydroxylation is 2. The molecule has 140 valence electrons. The Kier molecular flexibility index (Phi) is 5.46. The number of rotatable bonds is 6. The van der Waals surface area contributed by atoms with Crippen LogP contribution in [0.15, 0.2) is 71.8 Å². The third-order valence-corrected chi connectivity index (χ3v) is 5.82. The standard InChI is InChI=1S/C21H23N3O2S/c1-16-9-11-20(13-17(16)2)27(25,26)23-19-10-12-21(22-14-19)24(3)15-18-7-5-4-6-8-18/h4-14,23H,15H2,1-3H3. The summed E-state index contributed by atoms with van der Waals surface area (Å²) in [6.07, 6.45) is 1.54. The molecule has 1 aromatic heterocycles. The van der Waals surface area contributed by atoms with Gasteiger partial charge in [-0.3, -0.25) is 4.72 Å². The maximum Gasteiger partial charge on any atom is 0.261 e. The molecule has 3 rings (SSSR count). The van der Waals surface area contributed by atoms with Crippen molar-refractivity contribution in [2.45, 2.75) is 25.3 Å². The first-order chi connectivity index (χ1) is 12.8. The van der Waals surface area contributed by atoms with Crippen LogP contribution in [0.5, 0.6) is 0 Å². The van der Waals surface area contributed by atoms with Gasteiger partial charge in [-0.15, -0.1) is 0 Å². The summed E-state index contributed by atoms with van der Waals surface area (Å²) in [6, 6.07) is 18.7. The third kappa shape index (κ3) is 4.65. The lowest BCUT2D eigenvalue weighted by Gasteiger charge is -2.18. The van der Waals surface area contributed by atoms with E-state index in [1.807, 2.05) is 50.1 Å². The number of nitrogens with zero attached hydrogens (tertiary/aromatic N) is 2. The van der Waals surface area contributed by atoms with Crippen molar-refractivity contribution in [3.63, 3.8) is 0 Å². The summed E-state index contributed by atoms with van der Waals surface area (Å²) in [7, 11) is -1.69. The minimum Gasteiger partial charge on any atom is -0.355 e. The average molecular weight is 382 g/mol. The van der Waals surface area contributed by atoms with Gasteiger partial charge in [-0.25, -0.2) is 13.4 Å². The van der Waals surface area contributed by atoms with Crippen LogP contribution in [0.25, 0.3) is 0 Å². The SMILES string of the molecule is Cc1ccc(S(=O)(=O)Nc2ccc(N(C)Cc3ccccc3)nc2)cc1C. The number of hydrogen-bond donors (Lipinski definition) is 1. The van der Waals surface area contributed by atoms with Crippen molar-refractivity contribution >= 4 is 21.5 Å². The molecular weight excluding hydrogens is 358 g/mol. The Bertz CT molecular complexity index is 1020. The summed E-state index contributed by atoms with van der Waals surface area (Å²) in [6.45, 7) is 4.57. The van der Waals surface area contributed by atoms with Gasteiger partial charge in [-0.05, 0) is 54.8 Å². The first-order valence-corrected chi connectivity index (χ1v) is 10.1. The molecule has 0 bridgehead atoms. The molecule has 0 unspecified atom stereocenters. The summed E-state index contributed by atoms with van der Waals surface area (Å²) in [5, 5.41) is 0. The van der Waals surface area contributed by atoms with E-state index < -0.39 is 10.0 Å². The van der Waals surface area contributed by atoms with Crippen molar-refractivity contribution in [3.05, 3.63) is 83.6 Å². The molecule has 0 atom stereocenters. The van der Waals surface area contributed by atoms with Gasteiger partial charge >= 0.3 is 0 Å². The summed E-state index contributed by atoms with van der Waals surface area (Å²) < 4.78 is 27.7. The van der Waals surface area contributed by atoms with E-state index in [1.165, 1.54) is 11.8 Å². The predicted octanol–water partition coefficient (Wildman–Crippen LogP) is 4.14. The molecule has 0 spiro atoms. The first-order valence-electron chi connectivity index (χ1n) is 8.66. The third-order valence-electron chi connectivity index (χ3n) is 4.44. The van der Waals surface area contributed by atoms with Crippen LogP contribution < -0.4 is 9.62 Å². The summed E-state index contributed by atoms with van der Waals surface area (Å²) in [5.74, 6) is 0.771. The Hall–Kier alpha value is -2.86. The molecule has 0 saturated carbocycles. The van der Waals surface area contributed by atoms with Crippen molar-refractivity contribution in [2.75, 3.05) is 16.7 Å². The lowest BCUT2D eigenvalue weighted by atomic mass is 10.1. The zero-order chi connectivity index (χ0) is 19.4. The Labute approximate surface area is 160 Å². The van der Waals surface area contributed by atoms with E-state index in [4.69, 9.17) is 0 Å². The Balaban J connectivity index is 1.72. The second kappa shape index (κ2) is 7.80. The first kappa shape index (κ1) is 18.9. The molecule has 0 radical (unpaired) electrons. The fourth-order valence-corrected chi connectivity index (χ4v) is 3.83. The van der Waals surface area contributed by atoms with E-state index in [-0.39, 0.29) is 4.90 Å². The summed E-state index contributed by atoms with van der Waals surface area (Å²) >= 11 is 0. The number of sulfonamides is 1. The van der Waals surface area contributed by atoms with Gasteiger partial charge < -0.3 is 4.90 Å². The zero-order valence-corrected chi connectivity index (χ0v) is 16.5. The molecular formula is C21H23N3O2S. The number of nitrogens with one attached hydrogen (secondary N) is 1. The van der Waals surface area contributed by atoms with Gasteiger partial charge in [0.05, 0.1) is 16.8 Å². The van der Waals surface area contributed by atoms with Crippen molar-refractivity contribution in [3.8, 4) is 0 Å². The highest BCUT2D eigenvalue weighted by atomic mass is 32.2. The van der Waals surface area contributed by atoms with E-state index in [0.29, 0.717) is 5.69 Å². The van der Waals surface area contributed by atoms with Crippen molar-refractivity contribution in [2.24, 2.45) is 0 Å². The highest BCUT2D eigenvalue weighted by Gasteiger charge is 2.15. The van der Waals surface area contributed by atoms with Crippen LogP contribution in [-0.4, -0.2) is 20.4 Å². The molecule has 0 saturated heterocycles. The second-order valence-corrected chi connectivity index (χ2v) is 8.28. The average Bonchev–Trinajstić information content (AvgIpc) is 2.65. The molecule has 0 aliphatic heterocycles. The van der Waals surface area contributed by atoms with Gasteiger partial charge in [0, 0.05) is 13.6 Å². The van der Waals surface area contributed by atoms with E-state index in [0.717, 1.165) is 23.5 Å². The second-order valence-electron chi connectivity index (χ2n) is 6.60. The monoisotopic (exact) mass is 381 g/mol. The fraction of sp³-hybridized carbons (Fsp3) is 0.190. The van der Waals surface area contributed by atoms with E-state index in [2.05, 4.69) is 21.8 Å². The van der Waals surface area contributed by atoms with Crippen LogP contribution in [-0.2, 0) is 16.6 Å². The van der Waals surface area contributed by atoms with Crippen molar-refractivity contribution in [1.29, 1.82) is 0 Å². The van der Waals surface area contributed by atoms with Crippen LogP contribution >= 0.6 is 0 Å². The van der Waals surface area contributed by atoms with Crippen LogP contribution in [0.1, 0.15) is 16.7 Å². The number of aromatic nitrogens is 1. The molecule has 1 heterocycles. The molecule has 2 aromatic carbocycles. The molecule has 1 N–H and O–H groups in total. The van der Waals surface area contributed by atoms with Crippen molar-refractivity contribution < 1.29 is 8.42 Å². The molecule has 0 aliphatic rings. The predicted molar refractivity (Wildman–Crippen MR) is 110 cm³/mol. The van der Waals surface area contributed by atoms with Crippen LogP contribution in [0.2, 0.25) is 0 Å². The fourth-order valence-electron chi connectivity index (χ4n) is 2.71. The highest BCUT2D eigenvalue weighted by Crippen LogP contribution is 2.20. The minimum atomic E-state index is -3.64. The summed E-state index contributed by atoms with van der Waals surface area (Å²) in [4.78, 5) is 6.64. The van der Waals surface area contributed by atoms with Gasteiger partial charge in [-0.2, -0.15) is 0 Å². The maximum atomic E-state index is 12.6. The zero-order valence-electron chi connectivity index (χ0n) is 15.7. The van der Waals surface area contributed by atoms with Gasteiger partial charge in [0.2, 0.25) is 0 Å². The molecule has 0 fully saturated rings. The van der Waals surface area contributed by atoms with E-state index in [1.54, 1.807) is 24.3 Å². The normalized spacial score (nSPS) is 11.2. The number of hydrogen-bond acceptors (Lipinski definition) is 4. The van der Waals surface area contributed by atoms with Gasteiger partial charge in [-0.1, -0.05) is 36.4 Å². The molecule has 0 amide bonds. The Morgan fingerprint density at radius 1 is 0.963 bits per heavy atom.